The van der Waals surface area contributed by atoms with E-state index in [2.05, 4.69) is 4.98 Å². The highest BCUT2D eigenvalue weighted by Crippen LogP contribution is 2.40. The Morgan fingerprint density at radius 3 is 2.06 bits per heavy atom. The third-order valence-corrected chi connectivity index (χ3v) is 6.14. The van der Waals surface area contributed by atoms with Crippen molar-refractivity contribution in [3.63, 3.8) is 0 Å². The summed E-state index contributed by atoms with van der Waals surface area (Å²) in [5.41, 5.74) is 0.326. The average Bonchev–Trinajstić information content (AvgIpc) is 2.77. The third kappa shape index (κ3) is 6.28. The van der Waals surface area contributed by atoms with Crippen LogP contribution in [0.1, 0.15) is 5.69 Å². The normalized spacial score (nSPS) is 11.7. The number of halogens is 3. The van der Waals surface area contributed by atoms with Gasteiger partial charge in [0, 0.05) is 6.20 Å². The van der Waals surface area contributed by atoms with Crippen LogP contribution in [0, 0.1) is 0 Å². The summed E-state index contributed by atoms with van der Waals surface area (Å²) in [5.74, 6) is -0.590. The van der Waals surface area contributed by atoms with Gasteiger partial charge in [0.05, 0.1) is 32.1 Å². The zero-order valence-electron chi connectivity index (χ0n) is 17.7. The molecule has 7 nitrogen and oxygen atoms in total. The van der Waals surface area contributed by atoms with Crippen molar-refractivity contribution < 1.29 is 35.8 Å². The van der Waals surface area contributed by atoms with Gasteiger partial charge in [0.15, 0.2) is 17.3 Å². The van der Waals surface area contributed by atoms with Gasteiger partial charge in [-0.2, -0.15) is 13.2 Å². The van der Waals surface area contributed by atoms with Crippen LogP contribution in [0.3, 0.4) is 0 Å². The molecule has 0 N–H and O–H groups in total. The van der Waals surface area contributed by atoms with Crippen LogP contribution in [0.15, 0.2) is 66.9 Å². The van der Waals surface area contributed by atoms with Crippen molar-refractivity contribution in [1.29, 1.82) is 0 Å². The molecular formula is C22H21F3N2O5S. The van der Waals surface area contributed by atoms with E-state index in [0.717, 1.165) is 0 Å². The van der Waals surface area contributed by atoms with Crippen LogP contribution in [0.5, 0.6) is 23.0 Å². The summed E-state index contributed by atoms with van der Waals surface area (Å²) in [6.07, 6.45) is -3.47. The van der Waals surface area contributed by atoms with Crippen LogP contribution in [-0.4, -0.2) is 39.6 Å². The smallest absolute Gasteiger partial charge is 0.404 e. The van der Waals surface area contributed by atoms with Gasteiger partial charge < -0.3 is 14.2 Å². The van der Waals surface area contributed by atoms with Crippen molar-refractivity contribution in [1.82, 2.24) is 4.98 Å². The van der Waals surface area contributed by atoms with Gasteiger partial charge in [-0.05, 0) is 48.5 Å². The molecule has 0 aliphatic heterocycles. The maximum atomic E-state index is 13.0. The number of ether oxygens (including phenoxy) is 3. The minimum absolute atomic E-state index is 0.0317. The maximum absolute atomic E-state index is 13.0. The molecule has 0 unspecified atom stereocenters. The molecule has 0 amide bonds. The zero-order chi connectivity index (χ0) is 24.1. The number of methoxy groups -OCH3 is 2. The van der Waals surface area contributed by atoms with Gasteiger partial charge in [-0.25, -0.2) is 8.42 Å². The van der Waals surface area contributed by atoms with E-state index in [1.165, 1.54) is 50.7 Å². The lowest BCUT2D eigenvalue weighted by Gasteiger charge is -2.25. The molecule has 0 atom stereocenters. The Bertz CT molecular complexity index is 1150. The van der Waals surface area contributed by atoms with Gasteiger partial charge in [0.2, 0.25) is 15.8 Å². The summed E-state index contributed by atoms with van der Waals surface area (Å²) < 4.78 is 81.1. The molecule has 0 saturated carbocycles. The van der Waals surface area contributed by atoms with Gasteiger partial charge in [-0.1, -0.05) is 12.1 Å². The fraction of sp³-hybridized carbons (Fsp3) is 0.227. The third-order valence-electron chi connectivity index (χ3n) is 4.44. The van der Waals surface area contributed by atoms with Crippen molar-refractivity contribution >= 4 is 15.7 Å². The number of hydrogen-bond acceptors (Lipinski definition) is 6. The van der Waals surface area contributed by atoms with Crippen molar-refractivity contribution in [2.75, 3.05) is 24.3 Å². The highest BCUT2D eigenvalue weighted by molar-refractivity contribution is 7.92. The van der Waals surface area contributed by atoms with E-state index in [0.29, 0.717) is 33.0 Å². The largest absolute Gasteiger partial charge is 0.493 e. The molecule has 2 aromatic carbocycles. The molecule has 0 saturated heterocycles. The molecule has 0 aliphatic rings. The molecule has 0 fully saturated rings. The van der Waals surface area contributed by atoms with E-state index in [1.54, 1.807) is 30.3 Å². The lowest BCUT2D eigenvalue weighted by atomic mass is 10.2. The van der Waals surface area contributed by atoms with Crippen molar-refractivity contribution in [3.8, 4) is 23.0 Å². The Kier molecular flexibility index (Phi) is 7.32. The molecule has 11 heteroatoms. The van der Waals surface area contributed by atoms with E-state index < -0.39 is 22.0 Å². The van der Waals surface area contributed by atoms with Crippen LogP contribution in [0.25, 0.3) is 0 Å². The number of hydrogen-bond donors (Lipinski definition) is 0. The second-order valence-electron chi connectivity index (χ2n) is 6.79. The van der Waals surface area contributed by atoms with Crippen LogP contribution in [0.2, 0.25) is 0 Å². The van der Waals surface area contributed by atoms with E-state index in [1.807, 2.05) is 0 Å². The van der Waals surface area contributed by atoms with E-state index >= 15 is 0 Å². The summed E-state index contributed by atoms with van der Waals surface area (Å²) in [4.78, 5) is 4.03. The molecule has 0 radical (unpaired) electrons. The Labute approximate surface area is 189 Å². The first-order valence-corrected chi connectivity index (χ1v) is 11.2. The molecule has 3 aromatic rings. The molecule has 1 aromatic heterocycles. The Morgan fingerprint density at radius 1 is 0.909 bits per heavy atom. The second-order valence-corrected chi connectivity index (χ2v) is 8.68. The van der Waals surface area contributed by atoms with E-state index in [4.69, 9.17) is 14.2 Å². The Hall–Kier alpha value is -3.47. The van der Waals surface area contributed by atoms with Crippen LogP contribution < -0.4 is 18.5 Å². The fourth-order valence-electron chi connectivity index (χ4n) is 2.99. The van der Waals surface area contributed by atoms with Gasteiger partial charge in [0.25, 0.3) is 0 Å². The molecule has 1 heterocycles. The van der Waals surface area contributed by atoms with Gasteiger partial charge in [-0.15, -0.1) is 0 Å². The summed E-state index contributed by atoms with van der Waals surface area (Å²) in [6.45, 7) is -0.361. The highest BCUT2D eigenvalue weighted by atomic mass is 32.2. The minimum Gasteiger partial charge on any atom is -0.493 e. The lowest BCUT2D eigenvalue weighted by Crippen LogP contribution is -2.37. The monoisotopic (exact) mass is 482 g/mol. The number of benzene rings is 2. The zero-order valence-corrected chi connectivity index (χ0v) is 18.6. The number of rotatable bonds is 9. The number of aromatic nitrogens is 1. The first kappa shape index (κ1) is 24.2. The molecule has 176 valence electrons. The first-order chi connectivity index (χ1) is 15.6. The van der Waals surface area contributed by atoms with Crippen molar-refractivity contribution in [3.05, 3.63) is 72.6 Å². The molecule has 0 aliphatic carbocycles. The maximum Gasteiger partial charge on any atom is 0.404 e. The topological polar surface area (TPSA) is 78.0 Å². The number of pyridine rings is 1. The number of nitrogens with zero attached hydrogens (tertiary/aromatic N) is 2. The Morgan fingerprint density at radius 2 is 1.55 bits per heavy atom. The molecule has 3 rings (SSSR count). The fourth-order valence-corrected chi connectivity index (χ4v) is 4.33. The highest BCUT2D eigenvalue weighted by Gasteiger charge is 2.38. The van der Waals surface area contributed by atoms with Crippen LogP contribution in [0.4, 0.5) is 18.9 Å². The van der Waals surface area contributed by atoms with Crippen molar-refractivity contribution in [2.24, 2.45) is 0 Å². The van der Waals surface area contributed by atoms with E-state index in [-0.39, 0.29) is 12.2 Å². The number of sulfonamides is 1. The molecular weight excluding hydrogens is 461 g/mol. The molecule has 33 heavy (non-hydrogen) atoms. The van der Waals surface area contributed by atoms with E-state index in [9.17, 15) is 21.6 Å². The number of anilines is 1. The number of para-hydroxylation sites is 1. The molecule has 0 spiro atoms. The Balaban J connectivity index is 1.93. The predicted molar refractivity (Wildman–Crippen MR) is 116 cm³/mol. The lowest BCUT2D eigenvalue weighted by molar-refractivity contribution is -0.106. The summed E-state index contributed by atoms with van der Waals surface area (Å²) in [6, 6.07) is 15.4. The van der Waals surface area contributed by atoms with Gasteiger partial charge >= 0.3 is 6.18 Å². The number of alkyl halides is 3. The average molecular weight is 482 g/mol. The summed E-state index contributed by atoms with van der Waals surface area (Å²) >= 11 is 0. The second kappa shape index (κ2) is 9.99. The summed E-state index contributed by atoms with van der Waals surface area (Å²) in [5, 5.41) is 0. The van der Waals surface area contributed by atoms with Crippen LogP contribution >= 0.6 is 0 Å². The predicted octanol–water partition coefficient (Wildman–Crippen LogP) is 4.79. The van der Waals surface area contributed by atoms with Crippen LogP contribution in [-0.2, 0) is 16.6 Å². The SMILES string of the molecule is COc1cccc(OC)c1Oc1ccc(N(Cc2ccccn2)S(=O)(=O)CC(F)(F)F)cc1. The van der Waals surface area contributed by atoms with Gasteiger partial charge in [0.1, 0.15) is 5.75 Å². The van der Waals surface area contributed by atoms with Gasteiger partial charge in [-0.3, -0.25) is 9.29 Å². The standard InChI is InChI=1S/C22H21F3N2O5S/c1-30-19-7-5-8-20(31-2)21(19)32-18-11-9-17(10-12-18)27(14-16-6-3-4-13-26-16)33(28,29)15-22(23,24)25/h3-13H,14-15H2,1-2H3. The first-order valence-electron chi connectivity index (χ1n) is 9.59. The quantitative estimate of drug-likeness (QED) is 0.437. The molecule has 0 bridgehead atoms. The summed E-state index contributed by atoms with van der Waals surface area (Å²) in [7, 11) is -1.81. The van der Waals surface area contributed by atoms with Crippen molar-refractivity contribution in [2.45, 2.75) is 12.7 Å². The minimum atomic E-state index is -4.90.